The maximum Gasteiger partial charge on any atom is 0.251 e. The third-order valence-electron chi connectivity index (χ3n) is 2.70. The van der Waals surface area contributed by atoms with Crippen LogP contribution in [0, 0.1) is 0 Å². The van der Waals surface area contributed by atoms with Crippen molar-refractivity contribution in [1.29, 1.82) is 0 Å². The molecule has 1 rings (SSSR count). The summed E-state index contributed by atoms with van der Waals surface area (Å²) in [6, 6.07) is 6.29. The summed E-state index contributed by atoms with van der Waals surface area (Å²) in [6.07, 6.45) is 1.45. The average Bonchev–Trinajstić information content (AvgIpc) is 2.43. The summed E-state index contributed by atoms with van der Waals surface area (Å²) in [5.41, 5.74) is 6.74. The molecule has 0 heterocycles. The van der Waals surface area contributed by atoms with Crippen LogP contribution in [0.5, 0.6) is 0 Å². The zero-order valence-electron chi connectivity index (χ0n) is 11.4. The Bertz CT molecular complexity index is 446. The van der Waals surface area contributed by atoms with Gasteiger partial charge in [-0.3, -0.25) is 9.59 Å². The maximum atomic E-state index is 11.8. The number of amides is 2. The Kier molecular flexibility index (Phi) is 6.02. The van der Waals surface area contributed by atoms with Crippen LogP contribution < -0.4 is 16.4 Å². The molecule has 1 aromatic rings. The summed E-state index contributed by atoms with van der Waals surface area (Å²) in [5.74, 6) is -0.383. The predicted octanol–water partition coefficient (Wildman–Crippen LogP) is 1.50. The SMILES string of the molecule is CCCNC(=O)c1cccc(NC(=O)[C@H](N)CC)c1. The molecule has 2 amide bonds. The second-order valence-corrected chi connectivity index (χ2v) is 4.34. The highest BCUT2D eigenvalue weighted by atomic mass is 16.2. The Balaban J connectivity index is 2.71. The fourth-order valence-electron chi connectivity index (χ4n) is 1.50. The van der Waals surface area contributed by atoms with Crippen molar-refractivity contribution in [2.45, 2.75) is 32.7 Å². The molecule has 0 bridgehead atoms. The first-order valence-corrected chi connectivity index (χ1v) is 6.53. The predicted molar refractivity (Wildman–Crippen MR) is 76.0 cm³/mol. The van der Waals surface area contributed by atoms with Crippen LogP contribution in [0.25, 0.3) is 0 Å². The molecule has 104 valence electrons. The highest BCUT2D eigenvalue weighted by Gasteiger charge is 2.12. The molecule has 0 unspecified atom stereocenters. The molecule has 5 heteroatoms. The summed E-state index contributed by atoms with van der Waals surface area (Å²) in [7, 11) is 0. The first-order chi connectivity index (χ1) is 9.08. The Morgan fingerprint density at radius 1 is 1.32 bits per heavy atom. The van der Waals surface area contributed by atoms with Crippen molar-refractivity contribution in [3.63, 3.8) is 0 Å². The molecule has 0 radical (unpaired) electrons. The second kappa shape index (κ2) is 7.53. The molecule has 0 fully saturated rings. The topological polar surface area (TPSA) is 84.2 Å². The van der Waals surface area contributed by atoms with Gasteiger partial charge in [-0.25, -0.2) is 0 Å². The molecule has 0 aliphatic rings. The van der Waals surface area contributed by atoms with Gasteiger partial charge in [0.1, 0.15) is 0 Å². The highest BCUT2D eigenvalue weighted by Crippen LogP contribution is 2.11. The molecule has 1 aromatic carbocycles. The standard InChI is InChI=1S/C14H21N3O2/c1-3-8-16-13(18)10-6-5-7-11(9-10)17-14(19)12(15)4-2/h5-7,9,12H,3-4,8,15H2,1-2H3,(H,16,18)(H,17,19)/t12-/m1/s1. The number of carbonyl (C=O) groups excluding carboxylic acids is 2. The van der Waals surface area contributed by atoms with Crippen molar-refractivity contribution < 1.29 is 9.59 Å². The third kappa shape index (κ3) is 4.71. The van der Waals surface area contributed by atoms with E-state index in [0.717, 1.165) is 6.42 Å². The Morgan fingerprint density at radius 3 is 2.68 bits per heavy atom. The van der Waals surface area contributed by atoms with Gasteiger partial charge in [0.05, 0.1) is 6.04 Å². The quantitative estimate of drug-likeness (QED) is 0.727. The van der Waals surface area contributed by atoms with E-state index in [0.29, 0.717) is 24.2 Å². The van der Waals surface area contributed by atoms with Crippen LogP contribution in [-0.4, -0.2) is 24.4 Å². The molecule has 0 aromatic heterocycles. The number of nitrogens with two attached hydrogens (primary N) is 1. The van der Waals surface area contributed by atoms with Gasteiger partial charge in [-0.1, -0.05) is 19.9 Å². The van der Waals surface area contributed by atoms with E-state index < -0.39 is 6.04 Å². The van der Waals surface area contributed by atoms with Gasteiger partial charge < -0.3 is 16.4 Å². The minimum Gasteiger partial charge on any atom is -0.352 e. The van der Waals surface area contributed by atoms with Gasteiger partial charge in [0.2, 0.25) is 5.91 Å². The van der Waals surface area contributed by atoms with E-state index in [1.807, 2.05) is 13.8 Å². The summed E-state index contributed by atoms with van der Waals surface area (Å²) in [5, 5.41) is 5.49. The second-order valence-electron chi connectivity index (χ2n) is 4.34. The lowest BCUT2D eigenvalue weighted by molar-refractivity contribution is -0.117. The van der Waals surface area contributed by atoms with Crippen LogP contribution in [0.4, 0.5) is 5.69 Å². The monoisotopic (exact) mass is 263 g/mol. The highest BCUT2D eigenvalue weighted by molar-refractivity contribution is 5.98. The van der Waals surface area contributed by atoms with Crippen molar-refractivity contribution in [2.24, 2.45) is 5.73 Å². The van der Waals surface area contributed by atoms with Crippen molar-refractivity contribution in [2.75, 3.05) is 11.9 Å². The van der Waals surface area contributed by atoms with Gasteiger partial charge in [-0.2, -0.15) is 0 Å². The van der Waals surface area contributed by atoms with Gasteiger partial charge >= 0.3 is 0 Å². The zero-order chi connectivity index (χ0) is 14.3. The van der Waals surface area contributed by atoms with Gasteiger partial charge in [0.15, 0.2) is 0 Å². The van der Waals surface area contributed by atoms with E-state index in [1.165, 1.54) is 0 Å². The summed E-state index contributed by atoms with van der Waals surface area (Å²) in [6.45, 7) is 4.47. The number of nitrogens with one attached hydrogen (secondary N) is 2. The largest absolute Gasteiger partial charge is 0.352 e. The van der Waals surface area contributed by atoms with Crippen LogP contribution in [0.15, 0.2) is 24.3 Å². The molecular formula is C14H21N3O2. The fraction of sp³-hybridized carbons (Fsp3) is 0.429. The first-order valence-electron chi connectivity index (χ1n) is 6.53. The van der Waals surface area contributed by atoms with Crippen LogP contribution >= 0.6 is 0 Å². The molecular weight excluding hydrogens is 242 g/mol. The first kappa shape index (κ1) is 15.2. The number of hydrogen-bond acceptors (Lipinski definition) is 3. The van der Waals surface area contributed by atoms with E-state index in [1.54, 1.807) is 24.3 Å². The van der Waals surface area contributed by atoms with Crippen molar-refractivity contribution >= 4 is 17.5 Å². The smallest absolute Gasteiger partial charge is 0.251 e. The summed E-state index contributed by atoms with van der Waals surface area (Å²) < 4.78 is 0. The lowest BCUT2D eigenvalue weighted by Gasteiger charge is -2.11. The van der Waals surface area contributed by atoms with E-state index >= 15 is 0 Å². The molecule has 19 heavy (non-hydrogen) atoms. The van der Waals surface area contributed by atoms with Crippen molar-refractivity contribution in [3.8, 4) is 0 Å². The maximum absolute atomic E-state index is 11.8. The van der Waals surface area contributed by atoms with Gasteiger partial charge in [0.25, 0.3) is 5.91 Å². The summed E-state index contributed by atoms with van der Waals surface area (Å²) >= 11 is 0. The van der Waals surface area contributed by atoms with Crippen LogP contribution in [0.3, 0.4) is 0 Å². The number of carbonyl (C=O) groups is 2. The number of rotatable bonds is 6. The lowest BCUT2D eigenvalue weighted by atomic mass is 10.1. The number of anilines is 1. The molecule has 0 saturated heterocycles. The molecule has 4 N–H and O–H groups in total. The van der Waals surface area contributed by atoms with Crippen LogP contribution in [0.2, 0.25) is 0 Å². The minimum absolute atomic E-state index is 0.141. The minimum atomic E-state index is -0.530. The molecule has 0 aliphatic heterocycles. The number of benzene rings is 1. The molecule has 1 atom stereocenters. The fourth-order valence-corrected chi connectivity index (χ4v) is 1.50. The van der Waals surface area contributed by atoms with Crippen LogP contribution in [0.1, 0.15) is 37.0 Å². The Hall–Kier alpha value is -1.88. The third-order valence-corrected chi connectivity index (χ3v) is 2.70. The number of hydrogen-bond donors (Lipinski definition) is 3. The van der Waals surface area contributed by atoms with E-state index in [4.69, 9.17) is 5.73 Å². The van der Waals surface area contributed by atoms with E-state index in [-0.39, 0.29) is 11.8 Å². The average molecular weight is 263 g/mol. The molecule has 0 aliphatic carbocycles. The Labute approximate surface area is 113 Å². The van der Waals surface area contributed by atoms with E-state index in [9.17, 15) is 9.59 Å². The zero-order valence-corrected chi connectivity index (χ0v) is 11.4. The van der Waals surface area contributed by atoms with E-state index in [2.05, 4.69) is 10.6 Å². The normalized spacial score (nSPS) is 11.7. The van der Waals surface area contributed by atoms with Gasteiger partial charge in [-0.15, -0.1) is 0 Å². The van der Waals surface area contributed by atoms with Crippen molar-refractivity contribution in [3.05, 3.63) is 29.8 Å². The van der Waals surface area contributed by atoms with Crippen LogP contribution in [-0.2, 0) is 4.79 Å². The molecule has 0 saturated carbocycles. The van der Waals surface area contributed by atoms with Gasteiger partial charge in [-0.05, 0) is 31.0 Å². The summed E-state index contributed by atoms with van der Waals surface area (Å²) in [4.78, 5) is 23.4. The molecule has 5 nitrogen and oxygen atoms in total. The lowest BCUT2D eigenvalue weighted by Crippen LogP contribution is -2.34. The van der Waals surface area contributed by atoms with Gasteiger partial charge in [0, 0.05) is 17.8 Å². The Morgan fingerprint density at radius 2 is 2.05 bits per heavy atom. The molecule has 0 spiro atoms. The van der Waals surface area contributed by atoms with Crippen molar-refractivity contribution in [1.82, 2.24) is 5.32 Å².